The van der Waals surface area contributed by atoms with Gasteiger partial charge in [-0.15, -0.1) is 0 Å². The van der Waals surface area contributed by atoms with Gasteiger partial charge in [0.15, 0.2) is 11.6 Å². The maximum Gasteiger partial charge on any atom is 0.202 e. The minimum Gasteiger partial charge on any atom is -0.380 e. The van der Waals surface area contributed by atoms with Crippen molar-refractivity contribution in [3.05, 3.63) is 94.8 Å². The summed E-state index contributed by atoms with van der Waals surface area (Å²) in [5.41, 5.74) is 2.81. The molecule has 0 atom stereocenters. The molecule has 1 aromatic carbocycles. The highest BCUT2D eigenvalue weighted by molar-refractivity contribution is 6.11. The predicted molar refractivity (Wildman–Crippen MR) is 119 cm³/mol. The van der Waals surface area contributed by atoms with E-state index in [1.165, 1.54) is 12.3 Å². The molecule has 2 aromatic heterocycles. The van der Waals surface area contributed by atoms with Crippen LogP contribution >= 0.6 is 0 Å². The van der Waals surface area contributed by atoms with Crippen LogP contribution in [0.25, 0.3) is 0 Å². The number of piperidine rings is 1. The summed E-state index contributed by atoms with van der Waals surface area (Å²) in [7, 11) is 0. The molecule has 1 fully saturated rings. The third-order valence-electron chi connectivity index (χ3n) is 5.74. The number of nitrogens with zero attached hydrogens (tertiary/aromatic N) is 5. The van der Waals surface area contributed by atoms with Gasteiger partial charge in [-0.2, -0.15) is 5.26 Å². The number of halogens is 3. The number of aromatic nitrogens is 2. The van der Waals surface area contributed by atoms with Gasteiger partial charge < -0.3 is 4.84 Å². The highest BCUT2D eigenvalue weighted by atomic mass is 19.2. The van der Waals surface area contributed by atoms with Crippen molar-refractivity contribution in [2.24, 2.45) is 5.16 Å². The third-order valence-corrected chi connectivity index (χ3v) is 5.74. The molecular weight excluding hydrogens is 443 g/mol. The molecule has 1 aliphatic heterocycles. The number of rotatable bonds is 7. The molecule has 0 spiro atoms. The lowest BCUT2D eigenvalue weighted by Crippen LogP contribution is -2.32. The van der Waals surface area contributed by atoms with E-state index in [9.17, 15) is 13.2 Å². The van der Waals surface area contributed by atoms with Crippen LogP contribution in [0.5, 0.6) is 0 Å². The number of nitriles is 1. The molecule has 0 aliphatic carbocycles. The van der Waals surface area contributed by atoms with Gasteiger partial charge in [0.1, 0.15) is 17.6 Å². The molecule has 0 bridgehead atoms. The summed E-state index contributed by atoms with van der Waals surface area (Å²) in [4.78, 5) is 15.7. The molecule has 1 saturated heterocycles. The second-order valence-electron chi connectivity index (χ2n) is 8.04. The van der Waals surface area contributed by atoms with Crippen LogP contribution in [0.4, 0.5) is 13.2 Å². The first kappa shape index (κ1) is 23.4. The summed E-state index contributed by atoms with van der Waals surface area (Å²) >= 11 is 0. The van der Waals surface area contributed by atoms with E-state index < -0.39 is 11.6 Å². The molecule has 9 heteroatoms. The van der Waals surface area contributed by atoms with Crippen LogP contribution in [0.3, 0.4) is 0 Å². The van der Waals surface area contributed by atoms with Gasteiger partial charge in [0, 0.05) is 24.5 Å². The molecule has 3 heterocycles. The largest absolute Gasteiger partial charge is 0.380 e. The monoisotopic (exact) mass is 465 g/mol. The van der Waals surface area contributed by atoms with Gasteiger partial charge >= 0.3 is 0 Å². The van der Waals surface area contributed by atoms with Crippen molar-refractivity contribution in [3.63, 3.8) is 0 Å². The fourth-order valence-corrected chi connectivity index (χ4v) is 4.01. The van der Waals surface area contributed by atoms with Crippen molar-refractivity contribution in [2.45, 2.75) is 25.3 Å². The smallest absolute Gasteiger partial charge is 0.202 e. The topological polar surface area (TPSA) is 74.4 Å². The van der Waals surface area contributed by atoms with Gasteiger partial charge in [0.05, 0.1) is 11.9 Å². The number of hydrogen-bond acceptors (Lipinski definition) is 6. The highest BCUT2D eigenvalue weighted by Gasteiger charge is 2.21. The lowest BCUT2D eigenvalue weighted by Gasteiger charge is -2.32. The molecule has 0 radical (unpaired) electrons. The Labute approximate surface area is 195 Å². The summed E-state index contributed by atoms with van der Waals surface area (Å²) < 4.78 is 40.6. The molecule has 34 heavy (non-hydrogen) atoms. The Kier molecular flexibility index (Phi) is 7.50. The predicted octanol–water partition coefficient (Wildman–Crippen LogP) is 4.57. The first-order valence-corrected chi connectivity index (χ1v) is 10.8. The Hall–Kier alpha value is -3.77. The molecule has 3 aromatic rings. The first-order chi connectivity index (χ1) is 16.5. The van der Waals surface area contributed by atoms with Crippen LogP contribution in [0, 0.1) is 28.8 Å². The highest BCUT2D eigenvalue weighted by Crippen LogP contribution is 2.28. The lowest BCUT2D eigenvalue weighted by molar-refractivity contribution is 0.179. The normalized spacial score (nSPS) is 15.2. The fraction of sp³-hybridized carbons (Fsp3) is 0.280. The van der Waals surface area contributed by atoms with Gasteiger partial charge in [-0.1, -0.05) is 11.2 Å². The van der Waals surface area contributed by atoms with Crippen LogP contribution in [0.15, 0.2) is 60.1 Å². The van der Waals surface area contributed by atoms with Crippen molar-refractivity contribution in [3.8, 4) is 6.07 Å². The van der Waals surface area contributed by atoms with Crippen LogP contribution in [-0.4, -0.2) is 40.3 Å². The summed E-state index contributed by atoms with van der Waals surface area (Å²) in [6.45, 7) is 2.15. The molecule has 0 unspecified atom stereocenters. The van der Waals surface area contributed by atoms with E-state index in [0.29, 0.717) is 18.2 Å². The SMILES string of the molecule is N#CCO/N=C(\c1ccc(F)c(F)c1)c1ccc(CN2CCC(c3cncc(F)c3)CC2)cn1. The Morgan fingerprint density at radius 2 is 1.88 bits per heavy atom. The first-order valence-electron chi connectivity index (χ1n) is 10.8. The van der Waals surface area contributed by atoms with Crippen molar-refractivity contribution in [2.75, 3.05) is 19.7 Å². The standard InChI is InChI=1S/C25H22F3N5O/c26-21-11-20(14-30-15-21)18-5-8-33(9-6-18)16-17-1-4-24(31-13-17)25(32-34-10-7-29)19-2-3-22(27)23(28)12-19/h1-4,11-15,18H,5-6,8-10,16H2/b32-25+. The Morgan fingerprint density at radius 1 is 1.06 bits per heavy atom. The van der Waals surface area contributed by atoms with Gasteiger partial charge in [-0.3, -0.25) is 14.9 Å². The second kappa shape index (κ2) is 10.9. The van der Waals surface area contributed by atoms with Crippen LogP contribution < -0.4 is 0 Å². The Balaban J connectivity index is 1.42. The van der Waals surface area contributed by atoms with Crippen molar-refractivity contribution in [1.29, 1.82) is 5.26 Å². The molecule has 4 rings (SSSR count). The second-order valence-corrected chi connectivity index (χ2v) is 8.04. The number of likely N-dealkylation sites (tertiary alicyclic amines) is 1. The summed E-state index contributed by atoms with van der Waals surface area (Å²) in [6, 6.07) is 10.4. The zero-order chi connectivity index (χ0) is 23.9. The number of benzene rings is 1. The van der Waals surface area contributed by atoms with Crippen LogP contribution in [-0.2, 0) is 11.4 Å². The zero-order valence-electron chi connectivity index (χ0n) is 18.3. The third kappa shape index (κ3) is 5.77. The Bertz CT molecular complexity index is 1200. The molecule has 0 saturated carbocycles. The van der Waals surface area contributed by atoms with Crippen molar-refractivity contribution < 1.29 is 18.0 Å². The van der Waals surface area contributed by atoms with E-state index in [1.54, 1.807) is 30.6 Å². The molecule has 0 N–H and O–H groups in total. The van der Waals surface area contributed by atoms with Gasteiger partial charge in [0.25, 0.3) is 0 Å². The molecule has 1 aliphatic rings. The van der Waals surface area contributed by atoms with Crippen LogP contribution in [0.2, 0.25) is 0 Å². The number of pyridine rings is 2. The molecule has 0 amide bonds. The molecular formula is C25H22F3N5O. The van der Waals surface area contributed by atoms with Crippen molar-refractivity contribution >= 4 is 5.71 Å². The van der Waals surface area contributed by atoms with Crippen molar-refractivity contribution in [1.82, 2.24) is 14.9 Å². The van der Waals surface area contributed by atoms with E-state index in [1.807, 2.05) is 6.07 Å². The van der Waals surface area contributed by atoms with Gasteiger partial charge in [0.2, 0.25) is 6.61 Å². The van der Waals surface area contributed by atoms with E-state index in [-0.39, 0.29) is 23.7 Å². The Morgan fingerprint density at radius 3 is 2.56 bits per heavy atom. The number of hydrogen-bond donors (Lipinski definition) is 0. The average molecular weight is 465 g/mol. The number of oxime groups is 1. The summed E-state index contributed by atoms with van der Waals surface area (Å²) in [6.07, 6.45) is 6.49. The maximum atomic E-state index is 13.8. The maximum absolute atomic E-state index is 13.8. The average Bonchev–Trinajstić information content (AvgIpc) is 2.85. The fourth-order valence-electron chi connectivity index (χ4n) is 4.01. The van der Waals surface area contributed by atoms with Crippen LogP contribution in [0.1, 0.15) is 41.1 Å². The summed E-state index contributed by atoms with van der Waals surface area (Å²) in [5, 5.41) is 12.6. The lowest BCUT2D eigenvalue weighted by atomic mass is 9.90. The quantitative estimate of drug-likeness (QED) is 0.290. The van der Waals surface area contributed by atoms with Gasteiger partial charge in [-0.05, 0) is 73.3 Å². The van der Waals surface area contributed by atoms with E-state index >= 15 is 0 Å². The van der Waals surface area contributed by atoms with E-state index in [2.05, 4.69) is 20.0 Å². The van der Waals surface area contributed by atoms with E-state index in [0.717, 1.165) is 49.2 Å². The van der Waals surface area contributed by atoms with Gasteiger partial charge in [-0.25, -0.2) is 13.2 Å². The zero-order valence-corrected chi connectivity index (χ0v) is 18.3. The van der Waals surface area contributed by atoms with E-state index in [4.69, 9.17) is 10.1 Å². The molecule has 6 nitrogen and oxygen atoms in total. The minimum absolute atomic E-state index is 0.199. The molecule has 174 valence electrons. The summed E-state index contributed by atoms with van der Waals surface area (Å²) in [5.74, 6) is -2.00. The minimum atomic E-state index is -1.01.